The molecular weight excluding hydrogens is 318 g/mol. The molecule has 1 fully saturated rings. The van der Waals surface area contributed by atoms with Crippen molar-refractivity contribution in [3.05, 3.63) is 29.3 Å². The van der Waals surface area contributed by atoms with Gasteiger partial charge in [0.1, 0.15) is 6.04 Å². The maximum Gasteiger partial charge on any atom is 0.322 e. The largest absolute Gasteiger partial charge is 0.468 e. The highest BCUT2D eigenvalue weighted by molar-refractivity contribution is 6.33. The number of hydrogen-bond acceptors (Lipinski definition) is 5. The molecule has 1 aromatic rings. The first-order valence-corrected chi connectivity index (χ1v) is 7.97. The Bertz CT molecular complexity index is 559. The molecule has 7 heteroatoms. The summed E-state index contributed by atoms with van der Waals surface area (Å²) in [7, 11) is 1.40. The van der Waals surface area contributed by atoms with Gasteiger partial charge >= 0.3 is 5.97 Å². The van der Waals surface area contributed by atoms with Gasteiger partial charge in [-0.25, -0.2) is 0 Å². The van der Waals surface area contributed by atoms with E-state index < -0.39 is 0 Å². The maximum absolute atomic E-state index is 12.1. The molecule has 1 heterocycles. The van der Waals surface area contributed by atoms with E-state index in [-0.39, 0.29) is 17.9 Å². The van der Waals surface area contributed by atoms with Crippen LogP contribution in [0.1, 0.15) is 6.92 Å². The summed E-state index contributed by atoms with van der Waals surface area (Å²) in [5.41, 5.74) is 0.622. The molecule has 0 radical (unpaired) electrons. The van der Waals surface area contributed by atoms with E-state index in [1.807, 2.05) is 19.1 Å². The van der Waals surface area contributed by atoms with Crippen LogP contribution in [0.15, 0.2) is 24.3 Å². The van der Waals surface area contributed by atoms with E-state index in [9.17, 15) is 9.59 Å². The van der Waals surface area contributed by atoms with Crippen LogP contribution in [-0.2, 0) is 14.3 Å². The Morgan fingerprint density at radius 2 is 1.91 bits per heavy atom. The minimum atomic E-state index is -0.251. The quantitative estimate of drug-likeness (QED) is 0.823. The lowest BCUT2D eigenvalue weighted by molar-refractivity contribution is -0.147. The van der Waals surface area contributed by atoms with E-state index in [4.69, 9.17) is 16.3 Å². The second-order valence-corrected chi connectivity index (χ2v) is 5.95. The van der Waals surface area contributed by atoms with Crippen molar-refractivity contribution < 1.29 is 14.3 Å². The van der Waals surface area contributed by atoms with Crippen molar-refractivity contribution in [2.45, 2.75) is 13.0 Å². The highest BCUT2D eigenvalue weighted by Gasteiger charge is 2.26. The second-order valence-electron chi connectivity index (χ2n) is 5.54. The van der Waals surface area contributed by atoms with Crippen LogP contribution in [-0.4, -0.2) is 67.6 Å². The number of carbonyl (C=O) groups is 2. The van der Waals surface area contributed by atoms with Crippen LogP contribution in [0.4, 0.5) is 5.69 Å². The van der Waals surface area contributed by atoms with Gasteiger partial charge in [-0.05, 0) is 19.1 Å². The minimum absolute atomic E-state index is 0.0902. The number of para-hydroxylation sites is 1. The molecule has 1 aliphatic heterocycles. The zero-order valence-corrected chi connectivity index (χ0v) is 14.2. The molecular formula is C16H22ClN3O3. The molecule has 1 saturated heterocycles. The van der Waals surface area contributed by atoms with Crippen molar-refractivity contribution in [1.82, 2.24) is 9.80 Å². The summed E-state index contributed by atoms with van der Waals surface area (Å²) in [5, 5.41) is 3.34. The van der Waals surface area contributed by atoms with E-state index in [0.717, 1.165) is 26.2 Å². The van der Waals surface area contributed by atoms with Crippen molar-refractivity contribution >= 4 is 29.2 Å². The molecule has 1 atom stereocenters. The number of rotatable bonds is 5. The molecule has 1 unspecified atom stereocenters. The normalized spacial score (nSPS) is 17.5. The number of benzene rings is 1. The van der Waals surface area contributed by atoms with Gasteiger partial charge in [-0.2, -0.15) is 0 Å². The lowest BCUT2D eigenvalue weighted by Crippen LogP contribution is -2.53. The number of ether oxygens (including phenoxy) is 1. The van der Waals surface area contributed by atoms with Gasteiger partial charge in [0.15, 0.2) is 0 Å². The standard InChI is InChI=1S/C16H22ClN3O3/c1-12(16(22)23-2)20-9-7-19(8-10-20)11-15(21)18-14-6-4-3-5-13(14)17/h3-6,12H,7-11H2,1-2H3,(H,18,21). The number of hydrogen-bond donors (Lipinski definition) is 1. The predicted molar refractivity (Wildman–Crippen MR) is 89.6 cm³/mol. The van der Waals surface area contributed by atoms with Crippen LogP contribution in [0.25, 0.3) is 0 Å². The van der Waals surface area contributed by atoms with Gasteiger partial charge < -0.3 is 10.1 Å². The molecule has 0 bridgehead atoms. The van der Waals surface area contributed by atoms with Crippen LogP contribution in [0, 0.1) is 0 Å². The summed E-state index contributed by atoms with van der Waals surface area (Å²) in [6.07, 6.45) is 0. The number of methoxy groups -OCH3 is 1. The van der Waals surface area contributed by atoms with Crippen molar-refractivity contribution in [3.63, 3.8) is 0 Å². The van der Waals surface area contributed by atoms with E-state index in [2.05, 4.69) is 15.1 Å². The number of nitrogens with one attached hydrogen (secondary N) is 1. The third kappa shape index (κ3) is 4.92. The van der Waals surface area contributed by atoms with Crippen LogP contribution in [0.3, 0.4) is 0 Å². The van der Waals surface area contributed by atoms with Crippen LogP contribution < -0.4 is 5.32 Å². The second kappa shape index (κ2) is 8.29. The zero-order chi connectivity index (χ0) is 16.8. The Labute approximate surface area is 141 Å². The fraction of sp³-hybridized carbons (Fsp3) is 0.500. The first kappa shape index (κ1) is 17.7. The van der Waals surface area contributed by atoms with Crippen LogP contribution in [0.2, 0.25) is 5.02 Å². The van der Waals surface area contributed by atoms with Gasteiger partial charge in [-0.3, -0.25) is 19.4 Å². The third-order valence-corrected chi connectivity index (χ3v) is 4.34. The van der Waals surface area contributed by atoms with E-state index >= 15 is 0 Å². The molecule has 0 aliphatic carbocycles. The number of carbonyl (C=O) groups excluding carboxylic acids is 2. The molecule has 0 aromatic heterocycles. The van der Waals surface area contributed by atoms with Crippen molar-refractivity contribution in [1.29, 1.82) is 0 Å². The van der Waals surface area contributed by atoms with Gasteiger partial charge in [-0.15, -0.1) is 0 Å². The lowest BCUT2D eigenvalue weighted by atomic mass is 10.2. The SMILES string of the molecule is COC(=O)C(C)N1CCN(CC(=O)Nc2ccccc2Cl)CC1. The maximum atomic E-state index is 12.1. The van der Waals surface area contributed by atoms with Crippen molar-refractivity contribution in [3.8, 4) is 0 Å². The summed E-state index contributed by atoms with van der Waals surface area (Å²) in [6.45, 7) is 5.08. The van der Waals surface area contributed by atoms with Gasteiger partial charge in [0, 0.05) is 26.2 Å². The van der Waals surface area contributed by atoms with Gasteiger partial charge in [0.25, 0.3) is 0 Å². The number of anilines is 1. The molecule has 2 rings (SSSR count). The Morgan fingerprint density at radius 3 is 2.52 bits per heavy atom. The van der Waals surface area contributed by atoms with Crippen molar-refractivity contribution in [2.75, 3.05) is 45.2 Å². The van der Waals surface area contributed by atoms with Gasteiger partial charge in [0.2, 0.25) is 5.91 Å². The molecule has 1 amide bonds. The summed E-state index contributed by atoms with van der Waals surface area (Å²) >= 11 is 6.03. The Kier molecular flexibility index (Phi) is 6.38. The number of piperazine rings is 1. The Morgan fingerprint density at radius 1 is 1.26 bits per heavy atom. The molecule has 0 saturated carbocycles. The zero-order valence-electron chi connectivity index (χ0n) is 13.4. The number of esters is 1. The summed E-state index contributed by atoms with van der Waals surface area (Å²) in [6, 6.07) is 6.91. The minimum Gasteiger partial charge on any atom is -0.468 e. The molecule has 1 aliphatic rings. The lowest BCUT2D eigenvalue weighted by Gasteiger charge is -2.36. The molecule has 6 nitrogen and oxygen atoms in total. The topological polar surface area (TPSA) is 61.9 Å². The highest BCUT2D eigenvalue weighted by Crippen LogP contribution is 2.20. The average molecular weight is 340 g/mol. The average Bonchev–Trinajstić information content (AvgIpc) is 2.56. The number of nitrogens with zero attached hydrogens (tertiary/aromatic N) is 2. The molecule has 0 spiro atoms. The van der Waals surface area contributed by atoms with Crippen LogP contribution >= 0.6 is 11.6 Å². The number of amides is 1. The Hall–Kier alpha value is -1.63. The fourth-order valence-corrected chi connectivity index (χ4v) is 2.77. The first-order valence-electron chi connectivity index (χ1n) is 7.60. The van der Waals surface area contributed by atoms with Gasteiger partial charge in [-0.1, -0.05) is 23.7 Å². The van der Waals surface area contributed by atoms with Crippen LogP contribution in [0.5, 0.6) is 0 Å². The molecule has 1 N–H and O–H groups in total. The third-order valence-electron chi connectivity index (χ3n) is 4.01. The smallest absolute Gasteiger partial charge is 0.322 e. The first-order chi connectivity index (χ1) is 11.0. The number of halogens is 1. The summed E-state index contributed by atoms with van der Waals surface area (Å²) in [4.78, 5) is 27.8. The summed E-state index contributed by atoms with van der Waals surface area (Å²) in [5.74, 6) is -0.317. The fourth-order valence-electron chi connectivity index (χ4n) is 2.58. The predicted octanol–water partition coefficient (Wildman–Crippen LogP) is 1.46. The Balaban J connectivity index is 1.79. The van der Waals surface area contributed by atoms with Crippen molar-refractivity contribution in [2.24, 2.45) is 0 Å². The monoisotopic (exact) mass is 339 g/mol. The molecule has 1 aromatic carbocycles. The molecule has 126 valence electrons. The van der Waals surface area contributed by atoms with E-state index in [0.29, 0.717) is 17.3 Å². The highest BCUT2D eigenvalue weighted by atomic mass is 35.5. The molecule has 23 heavy (non-hydrogen) atoms. The van der Waals surface area contributed by atoms with Gasteiger partial charge in [0.05, 0.1) is 24.4 Å². The van der Waals surface area contributed by atoms with E-state index in [1.165, 1.54) is 7.11 Å². The van der Waals surface area contributed by atoms with E-state index in [1.54, 1.807) is 12.1 Å². The summed E-state index contributed by atoms with van der Waals surface area (Å²) < 4.78 is 4.76.